The highest BCUT2D eigenvalue weighted by Crippen LogP contribution is 2.27. The van der Waals surface area contributed by atoms with Gasteiger partial charge in [-0.15, -0.1) is 11.6 Å². The lowest BCUT2D eigenvalue weighted by molar-refractivity contribution is -0.384. The number of nitro groups is 1. The molecular formula is C12H11ClN2O3. The van der Waals surface area contributed by atoms with Crippen LogP contribution in [0.25, 0.3) is 11.3 Å². The van der Waals surface area contributed by atoms with Crippen LogP contribution in [0.2, 0.25) is 0 Å². The van der Waals surface area contributed by atoms with Crippen LogP contribution < -0.4 is 0 Å². The van der Waals surface area contributed by atoms with Crippen molar-refractivity contribution < 1.29 is 9.34 Å². The summed E-state index contributed by atoms with van der Waals surface area (Å²) in [5.74, 6) is 1.52. The number of aromatic nitrogens is 1. The highest BCUT2D eigenvalue weighted by molar-refractivity contribution is 6.17. The van der Waals surface area contributed by atoms with Crippen molar-refractivity contribution in [3.8, 4) is 11.3 Å². The highest BCUT2D eigenvalue weighted by atomic mass is 35.5. The molecule has 94 valence electrons. The Balaban J connectivity index is 2.41. The first-order chi connectivity index (χ1) is 8.61. The molecule has 0 bridgehead atoms. The second-order valence-electron chi connectivity index (χ2n) is 3.77. The zero-order chi connectivity index (χ0) is 13.1. The molecule has 18 heavy (non-hydrogen) atoms. The van der Waals surface area contributed by atoms with Gasteiger partial charge < -0.3 is 4.42 Å². The van der Waals surface area contributed by atoms with Gasteiger partial charge in [-0.2, -0.15) is 0 Å². The van der Waals surface area contributed by atoms with Gasteiger partial charge in [-0.3, -0.25) is 10.1 Å². The molecule has 0 radical (unpaired) electrons. The van der Waals surface area contributed by atoms with Crippen LogP contribution >= 0.6 is 11.6 Å². The molecule has 2 rings (SSSR count). The van der Waals surface area contributed by atoms with Crippen molar-refractivity contribution in [2.24, 2.45) is 0 Å². The molecule has 2 aromatic rings. The van der Waals surface area contributed by atoms with Crippen molar-refractivity contribution in [3.05, 3.63) is 46.0 Å². The van der Waals surface area contributed by atoms with Gasteiger partial charge in [0.25, 0.3) is 5.69 Å². The third-order valence-corrected chi connectivity index (χ3v) is 2.66. The molecule has 1 aromatic heterocycles. The Bertz CT molecular complexity index is 580. The molecule has 5 nitrogen and oxygen atoms in total. The molecule has 0 spiro atoms. The van der Waals surface area contributed by atoms with Gasteiger partial charge in [0, 0.05) is 30.0 Å². The van der Waals surface area contributed by atoms with Gasteiger partial charge in [-0.1, -0.05) is 12.1 Å². The summed E-state index contributed by atoms with van der Waals surface area (Å²) in [6.07, 6.45) is 0.539. The Morgan fingerprint density at radius 1 is 1.50 bits per heavy atom. The maximum absolute atomic E-state index is 10.7. The Hall–Kier alpha value is -1.88. The van der Waals surface area contributed by atoms with Gasteiger partial charge >= 0.3 is 0 Å². The summed E-state index contributed by atoms with van der Waals surface area (Å²) in [5, 5.41) is 10.7. The van der Waals surface area contributed by atoms with Crippen LogP contribution in [0, 0.1) is 17.0 Å². The molecule has 0 amide bonds. The molecule has 0 aliphatic carbocycles. The second kappa shape index (κ2) is 5.18. The number of rotatable bonds is 4. The standard InChI is InChI=1S/C12H11ClN2O3/c1-8-12(18-11(14-8)5-6-13)9-3-2-4-10(7-9)15(16)17/h2-4,7H,5-6H2,1H3. The Morgan fingerprint density at radius 3 is 2.94 bits per heavy atom. The molecule has 0 unspecified atom stereocenters. The first-order valence-electron chi connectivity index (χ1n) is 5.39. The second-order valence-corrected chi connectivity index (χ2v) is 4.15. The van der Waals surface area contributed by atoms with E-state index in [1.807, 2.05) is 0 Å². The van der Waals surface area contributed by atoms with Crippen LogP contribution in [0.5, 0.6) is 0 Å². The third-order valence-electron chi connectivity index (χ3n) is 2.47. The Labute approximate surface area is 109 Å². The molecule has 0 aliphatic rings. The lowest BCUT2D eigenvalue weighted by Gasteiger charge is -1.97. The van der Waals surface area contributed by atoms with Crippen LogP contribution in [0.4, 0.5) is 5.69 Å². The fourth-order valence-corrected chi connectivity index (χ4v) is 1.83. The van der Waals surface area contributed by atoms with Crippen LogP contribution in [-0.4, -0.2) is 15.8 Å². The summed E-state index contributed by atoms with van der Waals surface area (Å²) in [4.78, 5) is 14.5. The number of hydrogen-bond donors (Lipinski definition) is 0. The van der Waals surface area contributed by atoms with E-state index in [-0.39, 0.29) is 5.69 Å². The lowest BCUT2D eigenvalue weighted by atomic mass is 10.1. The topological polar surface area (TPSA) is 69.2 Å². The molecule has 0 saturated carbocycles. The normalized spacial score (nSPS) is 10.6. The summed E-state index contributed by atoms with van der Waals surface area (Å²) in [6.45, 7) is 1.80. The van der Waals surface area contributed by atoms with Crippen molar-refractivity contribution in [2.45, 2.75) is 13.3 Å². The van der Waals surface area contributed by atoms with E-state index >= 15 is 0 Å². The van der Waals surface area contributed by atoms with Gasteiger partial charge in [-0.05, 0) is 6.92 Å². The Kier molecular flexibility index (Phi) is 3.62. The monoisotopic (exact) mass is 266 g/mol. The predicted octanol–water partition coefficient (Wildman–Crippen LogP) is 3.34. The van der Waals surface area contributed by atoms with Gasteiger partial charge in [0.05, 0.1) is 10.6 Å². The van der Waals surface area contributed by atoms with Gasteiger partial charge in [0.1, 0.15) is 0 Å². The summed E-state index contributed by atoms with van der Waals surface area (Å²) >= 11 is 5.62. The average molecular weight is 267 g/mol. The number of non-ortho nitro benzene ring substituents is 1. The van der Waals surface area contributed by atoms with E-state index in [1.165, 1.54) is 12.1 Å². The zero-order valence-electron chi connectivity index (χ0n) is 9.72. The first kappa shape index (κ1) is 12.6. The number of halogens is 1. The minimum Gasteiger partial charge on any atom is -0.440 e. The summed E-state index contributed by atoms with van der Waals surface area (Å²) in [6, 6.07) is 6.29. The first-order valence-corrected chi connectivity index (χ1v) is 5.92. The van der Waals surface area contributed by atoms with Crippen molar-refractivity contribution in [3.63, 3.8) is 0 Å². The smallest absolute Gasteiger partial charge is 0.270 e. The van der Waals surface area contributed by atoms with Crippen LogP contribution in [-0.2, 0) is 6.42 Å². The number of oxazole rings is 1. The number of benzene rings is 1. The van der Waals surface area contributed by atoms with Crippen molar-refractivity contribution in [2.75, 3.05) is 5.88 Å². The Morgan fingerprint density at radius 2 is 2.28 bits per heavy atom. The fourth-order valence-electron chi connectivity index (χ4n) is 1.67. The van der Waals surface area contributed by atoms with E-state index in [2.05, 4.69) is 4.98 Å². The van der Waals surface area contributed by atoms with E-state index in [1.54, 1.807) is 19.1 Å². The van der Waals surface area contributed by atoms with E-state index in [0.717, 1.165) is 0 Å². The number of nitrogens with zero attached hydrogens (tertiary/aromatic N) is 2. The van der Waals surface area contributed by atoms with Crippen LogP contribution in [0.1, 0.15) is 11.6 Å². The number of hydrogen-bond acceptors (Lipinski definition) is 4. The quantitative estimate of drug-likeness (QED) is 0.483. The molecule has 6 heteroatoms. The molecule has 0 atom stereocenters. The van der Waals surface area contributed by atoms with Gasteiger partial charge in [0.15, 0.2) is 11.7 Å². The molecule has 0 saturated heterocycles. The van der Waals surface area contributed by atoms with Gasteiger partial charge in [-0.25, -0.2) is 4.98 Å². The number of aryl methyl sites for hydroxylation is 2. The molecule has 0 N–H and O–H groups in total. The van der Waals surface area contributed by atoms with Gasteiger partial charge in [0.2, 0.25) is 0 Å². The molecule has 0 aliphatic heterocycles. The number of alkyl halides is 1. The average Bonchev–Trinajstić information content (AvgIpc) is 2.71. The fraction of sp³-hybridized carbons (Fsp3) is 0.250. The minimum atomic E-state index is -0.436. The molecule has 1 aromatic carbocycles. The maximum Gasteiger partial charge on any atom is 0.270 e. The molecule has 1 heterocycles. The van der Waals surface area contributed by atoms with Crippen LogP contribution in [0.15, 0.2) is 28.7 Å². The van der Waals surface area contributed by atoms with E-state index < -0.39 is 4.92 Å². The van der Waals surface area contributed by atoms with E-state index in [4.69, 9.17) is 16.0 Å². The zero-order valence-corrected chi connectivity index (χ0v) is 10.5. The SMILES string of the molecule is Cc1nc(CCCl)oc1-c1cccc([N+](=O)[O-])c1. The predicted molar refractivity (Wildman–Crippen MR) is 67.8 cm³/mol. The van der Waals surface area contributed by atoms with Crippen LogP contribution in [0.3, 0.4) is 0 Å². The highest BCUT2D eigenvalue weighted by Gasteiger charge is 2.14. The number of nitro benzene ring substituents is 1. The summed E-state index contributed by atoms with van der Waals surface area (Å²) in [5.41, 5.74) is 1.38. The van der Waals surface area contributed by atoms with Crippen molar-refractivity contribution in [1.29, 1.82) is 0 Å². The van der Waals surface area contributed by atoms with E-state index in [0.29, 0.717) is 35.2 Å². The lowest BCUT2D eigenvalue weighted by Crippen LogP contribution is -1.88. The molecular weight excluding hydrogens is 256 g/mol. The third kappa shape index (κ3) is 2.51. The largest absolute Gasteiger partial charge is 0.440 e. The minimum absolute atomic E-state index is 0.0298. The van der Waals surface area contributed by atoms with Crippen molar-refractivity contribution >= 4 is 17.3 Å². The van der Waals surface area contributed by atoms with E-state index in [9.17, 15) is 10.1 Å². The summed E-state index contributed by atoms with van der Waals surface area (Å²) in [7, 11) is 0. The maximum atomic E-state index is 10.7. The molecule has 0 fully saturated rings. The van der Waals surface area contributed by atoms with Crippen molar-refractivity contribution in [1.82, 2.24) is 4.98 Å². The summed E-state index contributed by atoms with van der Waals surface area (Å²) < 4.78 is 5.56.